The SMILES string of the molecule is CCSCCSCC(=O)N=S(C)(=O)N(C)C. The third-order valence-corrected chi connectivity index (χ3v) is 5.75. The Morgan fingerprint density at radius 2 is 1.88 bits per heavy atom. The van der Waals surface area contributed by atoms with Crippen LogP contribution in [0.15, 0.2) is 4.36 Å². The Balaban J connectivity index is 3.96. The molecular formula is C9H20N2O2S3. The number of amides is 1. The summed E-state index contributed by atoms with van der Waals surface area (Å²) in [6.07, 6.45) is 1.47. The minimum atomic E-state index is -2.50. The lowest BCUT2D eigenvalue weighted by Gasteiger charge is -2.10. The summed E-state index contributed by atoms with van der Waals surface area (Å²) >= 11 is 3.40. The van der Waals surface area contributed by atoms with Crippen molar-refractivity contribution >= 4 is 39.3 Å². The molecular weight excluding hydrogens is 264 g/mol. The van der Waals surface area contributed by atoms with E-state index in [9.17, 15) is 9.00 Å². The first kappa shape index (κ1) is 16.3. The molecule has 0 rings (SSSR count). The normalized spacial score (nSPS) is 14.8. The summed E-state index contributed by atoms with van der Waals surface area (Å²) in [5.41, 5.74) is 0. The van der Waals surface area contributed by atoms with E-state index >= 15 is 0 Å². The number of nitrogens with zero attached hydrogens (tertiary/aromatic N) is 2. The minimum absolute atomic E-state index is 0.285. The second kappa shape index (κ2) is 8.38. The Morgan fingerprint density at radius 1 is 1.31 bits per heavy atom. The molecule has 0 radical (unpaired) electrons. The van der Waals surface area contributed by atoms with E-state index in [1.807, 2.05) is 11.8 Å². The van der Waals surface area contributed by atoms with Crippen LogP contribution < -0.4 is 0 Å². The highest BCUT2D eigenvalue weighted by molar-refractivity contribution is 8.03. The van der Waals surface area contributed by atoms with Gasteiger partial charge in [-0.3, -0.25) is 4.79 Å². The van der Waals surface area contributed by atoms with Gasteiger partial charge in [0.15, 0.2) is 0 Å². The van der Waals surface area contributed by atoms with Crippen LogP contribution in [0.2, 0.25) is 0 Å². The molecule has 0 aliphatic rings. The van der Waals surface area contributed by atoms with Crippen LogP contribution in [0.25, 0.3) is 0 Å². The maximum Gasteiger partial charge on any atom is 0.264 e. The number of rotatable bonds is 7. The molecule has 7 heteroatoms. The van der Waals surface area contributed by atoms with Gasteiger partial charge >= 0.3 is 0 Å². The molecule has 1 atom stereocenters. The van der Waals surface area contributed by atoms with Gasteiger partial charge < -0.3 is 0 Å². The zero-order chi connectivity index (χ0) is 12.6. The van der Waals surface area contributed by atoms with Gasteiger partial charge in [-0.25, -0.2) is 8.51 Å². The Kier molecular flexibility index (Phi) is 8.53. The third kappa shape index (κ3) is 7.54. The quantitative estimate of drug-likeness (QED) is 0.666. The molecule has 0 bridgehead atoms. The maximum atomic E-state index is 11.8. The molecule has 0 aliphatic carbocycles. The number of carbonyl (C=O) groups excluding carboxylic acids is 1. The number of hydrogen-bond donors (Lipinski definition) is 0. The summed E-state index contributed by atoms with van der Waals surface area (Å²) in [5, 5.41) is 0. The highest BCUT2D eigenvalue weighted by Gasteiger charge is 2.08. The van der Waals surface area contributed by atoms with Crippen molar-refractivity contribution in [1.82, 2.24) is 4.31 Å². The summed E-state index contributed by atoms with van der Waals surface area (Å²) < 4.78 is 16.9. The Bertz CT molecular complexity index is 323. The van der Waals surface area contributed by atoms with E-state index in [0.29, 0.717) is 5.75 Å². The van der Waals surface area contributed by atoms with E-state index in [1.54, 1.807) is 25.9 Å². The summed E-state index contributed by atoms with van der Waals surface area (Å²) in [5.74, 6) is 3.12. The van der Waals surface area contributed by atoms with Gasteiger partial charge in [0, 0.05) is 31.9 Å². The van der Waals surface area contributed by atoms with Crippen molar-refractivity contribution in [1.29, 1.82) is 0 Å². The molecule has 0 aliphatic heterocycles. The van der Waals surface area contributed by atoms with Gasteiger partial charge in [0.25, 0.3) is 5.91 Å². The molecule has 0 aromatic rings. The molecule has 0 aromatic carbocycles. The molecule has 96 valence electrons. The van der Waals surface area contributed by atoms with Crippen molar-refractivity contribution < 1.29 is 9.00 Å². The van der Waals surface area contributed by atoms with Gasteiger partial charge in [-0.15, -0.1) is 4.36 Å². The highest BCUT2D eigenvalue weighted by Crippen LogP contribution is 2.07. The van der Waals surface area contributed by atoms with Crippen molar-refractivity contribution in [3.63, 3.8) is 0 Å². The molecule has 16 heavy (non-hydrogen) atoms. The van der Waals surface area contributed by atoms with Crippen molar-refractivity contribution in [3.8, 4) is 0 Å². The van der Waals surface area contributed by atoms with Crippen LogP contribution in [-0.2, 0) is 14.7 Å². The fourth-order valence-electron chi connectivity index (χ4n) is 0.719. The van der Waals surface area contributed by atoms with E-state index in [1.165, 1.54) is 10.6 Å². The molecule has 0 saturated carbocycles. The van der Waals surface area contributed by atoms with Gasteiger partial charge in [0.05, 0.1) is 5.75 Å². The summed E-state index contributed by atoms with van der Waals surface area (Å²) in [6.45, 7) is 2.11. The smallest absolute Gasteiger partial charge is 0.264 e. The lowest BCUT2D eigenvalue weighted by Crippen LogP contribution is -2.22. The van der Waals surface area contributed by atoms with Crippen LogP contribution in [0.4, 0.5) is 0 Å². The molecule has 4 nitrogen and oxygen atoms in total. The predicted molar refractivity (Wildman–Crippen MR) is 75.5 cm³/mol. The van der Waals surface area contributed by atoms with Crippen molar-refractivity contribution in [2.24, 2.45) is 4.36 Å². The molecule has 0 heterocycles. The topological polar surface area (TPSA) is 49.7 Å². The van der Waals surface area contributed by atoms with Gasteiger partial charge in [-0.2, -0.15) is 23.5 Å². The van der Waals surface area contributed by atoms with Crippen LogP contribution in [0.5, 0.6) is 0 Å². The first-order valence-electron chi connectivity index (χ1n) is 4.98. The van der Waals surface area contributed by atoms with E-state index in [2.05, 4.69) is 11.3 Å². The fourth-order valence-corrected chi connectivity index (χ4v) is 3.02. The van der Waals surface area contributed by atoms with Gasteiger partial charge in [-0.05, 0) is 5.75 Å². The average Bonchev–Trinajstić information content (AvgIpc) is 2.16. The molecule has 0 aromatic heterocycles. The summed E-state index contributed by atoms with van der Waals surface area (Å²) in [7, 11) is 0.809. The summed E-state index contributed by atoms with van der Waals surface area (Å²) in [4.78, 5) is 11.4. The largest absolute Gasteiger partial charge is 0.271 e. The van der Waals surface area contributed by atoms with Crippen molar-refractivity contribution in [2.45, 2.75) is 6.92 Å². The van der Waals surface area contributed by atoms with E-state index < -0.39 is 9.92 Å². The monoisotopic (exact) mass is 284 g/mol. The molecule has 1 unspecified atom stereocenters. The Morgan fingerprint density at radius 3 is 2.38 bits per heavy atom. The Hall–Kier alpha value is 0.280. The van der Waals surface area contributed by atoms with Crippen LogP contribution in [0.1, 0.15) is 6.92 Å². The zero-order valence-electron chi connectivity index (χ0n) is 10.3. The standard InChI is InChI=1S/C9H20N2O2S3/c1-5-14-6-7-15-8-9(12)10-16(4,13)11(2)3/h5-8H2,1-4H3. The van der Waals surface area contributed by atoms with Crippen LogP contribution in [-0.4, -0.2) is 57.8 Å². The van der Waals surface area contributed by atoms with E-state index in [-0.39, 0.29) is 5.91 Å². The Labute approximate surface area is 107 Å². The number of carbonyl (C=O) groups is 1. The maximum absolute atomic E-state index is 11.8. The van der Waals surface area contributed by atoms with Crippen LogP contribution in [0.3, 0.4) is 0 Å². The molecule has 1 amide bonds. The first-order valence-corrected chi connectivity index (χ1v) is 9.17. The van der Waals surface area contributed by atoms with E-state index in [4.69, 9.17) is 0 Å². The molecule has 0 fully saturated rings. The van der Waals surface area contributed by atoms with Crippen LogP contribution in [0, 0.1) is 0 Å². The minimum Gasteiger partial charge on any atom is -0.271 e. The van der Waals surface area contributed by atoms with Crippen molar-refractivity contribution in [3.05, 3.63) is 0 Å². The highest BCUT2D eigenvalue weighted by atomic mass is 32.2. The van der Waals surface area contributed by atoms with Crippen LogP contribution >= 0.6 is 23.5 Å². The molecule has 0 N–H and O–H groups in total. The van der Waals surface area contributed by atoms with Crippen molar-refractivity contribution in [2.75, 3.05) is 43.4 Å². The van der Waals surface area contributed by atoms with Gasteiger partial charge in [-0.1, -0.05) is 6.92 Å². The zero-order valence-corrected chi connectivity index (χ0v) is 12.7. The lowest BCUT2D eigenvalue weighted by atomic mass is 10.8. The second-order valence-electron chi connectivity index (χ2n) is 3.31. The first-order chi connectivity index (χ1) is 7.40. The van der Waals surface area contributed by atoms with Gasteiger partial charge in [0.2, 0.25) is 0 Å². The number of thioether (sulfide) groups is 2. The summed E-state index contributed by atoms with van der Waals surface area (Å²) in [6, 6.07) is 0. The molecule has 0 saturated heterocycles. The molecule has 0 spiro atoms. The fraction of sp³-hybridized carbons (Fsp3) is 0.889. The third-order valence-electron chi connectivity index (χ3n) is 1.75. The van der Waals surface area contributed by atoms with Gasteiger partial charge in [0.1, 0.15) is 9.92 Å². The predicted octanol–water partition coefficient (Wildman–Crippen LogP) is 1.57. The lowest BCUT2D eigenvalue weighted by molar-refractivity contribution is -0.115. The average molecular weight is 284 g/mol. The number of hydrogen-bond acceptors (Lipinski definition) is 4. The van der Waals surface area contributed by atoms with E-state index in [0.717, 1.165) is 17.3 Å². The second-order valence-corrected chi connectivity index (χ2v) is 8.25.